The zero-order valence-corrected chi connectivity index (χ0v) is 36.2. The Morgan fingerprint density at radius 1 is 0.254 bits per heavy atom. The largest absolute Gasteiger partial charge is 0.456 e. The molecule has 12 aromatic carbocycles. The van der Waals surface area contributed by atoms with Crippen LogP contribution in [0, 0.1) is 0 Å². The van der Waals surface area contributed by atoms with E-state index in [-0.39, 0.29) is 0 Å². The van der Waals surface area contributed by atoms with Gasteiger partial charge in [-0.3, -0.25) is 0 Å². The van der Waals surface area contributed by atoms with Gasteiger partial charge in [-0.05, 0) is 123 Å². The number of rotatable bonds is 6. The summed E-state index contributed by atoms with van der Waals surface area (Å²) in [5.74, 6) is 1.51. The molecule has 14 aromatic rings. The van der Waals surface area contributed by atoms with E-state index >= 15 is 0 Å². The van der Waals surface area contributed by atoms with Gasteiger partial charge in [0.25, 0.3) is 0 Å². The number of furan rings is 1. The summed E-state index contributed by atoms with van der Waals surface area (Å²) in [5.41, 5.74) is 11.3. The maximum atomic E-state index is 6.25. The highest BCUT2D eigenvalue weighted by molar-refractivity contribution is 6.37. The van der Waals surface area contributed by atoms with Gasteiger partial charge < -0.3 is 4.42 Å². The first-order chi connectivity index (χ1) is 33.2. The second-order valence-electron chi connectivity index (χ2n) is 17.7. The Bertz CT molecular complexity index is 4210. The Hall–Kier alpha value is -8.92. The van der Waals surface area contributed by atoms with E-state index in [4.69, 9.17) is 14.4 Å². The van der Waals surface area contributed by atoms with Crippen molar-refractivity contribution in [2.75, 3.05) is 0 Å². The quantitative estimate of drug-likeness (QED) is 0.156. The average molecular weight is 851 g/mol. The summed E-state index contributed by atoms with van der Waals surface area (Å²) in [6.45, 7) is 0. The summed E-state index contributed by atoms with van der Waals surface area (Å²) in [4.78, 5) is 10.2. The van der Waals surface area contributed by atoms with Gasteiger partial charge >= 0.3 is 0 Å². The van der Waals surface area contributed by atoms with Crippen molar-refractivity contribution in [2.45, 2.75) is 0 Å². The van der Waals surface area contributed by atoms with Crippen LogP contribution in [0.15, 0.2) is 235 Å². The van der Waals surface area contributed by atoms with E-state index in [1.54, 1.807) is 0 Å². The molecule has 14 rings (SSSR count). The molecular weight excluding hydrogens is 813 g/mol. The van der Waals surface area contributed by atoms with Crippen molar-refractivity contribution in [1.82, 2.24) is 9.97 Å². The number of hydrogen-bond donors (Lipinski definition) is 0. The third-order valence-electron chi connectivity index (χ3n) is 13.8. The third-order valence-corrected chi connectivity index (χ3v) is 13.8. The molecule has 0 aliphatic carbocycles. The van der Waals surface area contributed by atoms with Gasteiger partial charge in [-0.1, -0.05) is 194 Å². The molecule has 0 fully saturated rings. The van der Waals surface area contributed by atoms with Crippen LogP contribution in [0.3, 0.4) is 0 Å². The number of benzene rings is 11. The van der Waals surface area contributed by atoms with Crippen LogP contribution in [0.5, 0.6) is 0 Å². The summed E-state index contributed by atoms with van der Waals surface area (Å²) in [6, 6.07) is 83.0. The fourth-order valence-electron chi connectivity index (χ4n) is 10.6. The van der Waals surface area contributed by atoms with Gasteiger partial charge in [0.15, 0.2) is 5.82 Å². The molecule has 67 heavy (non-hydrogen) atoms. The van der Waals surface area contributed by atoms with Gasteiger partial charge in [0, 0.05) is 27.6 Å². The van der Waals surface area contributed by atoms with Crippen LogP contribution in [0.1, 0.15) is 0 Å². The number of para-hydroxylation sites is 1. The standard InChI is InChI=1S/C64H38N2O/c1-2-10-46(11-3-1)64-65-56(38-57(66-64)47-16-6-17-48(34-47)59-37-49-12-4-5-21-58(49)67-59)42-28-26-40(27-29-42)39-22-24-41(25-23-39)51-35-50-33-32-45-14-8-19-53-52-18-7-13-43-30-31-44-15-9-20-54(62(44)60(43)52)55(36-51)63(50)61(45)53/h1-38H. The molecule has 0 unspecified atom stereocenters. The molecule has 3 nitrogen and oxygen atoms in total. The molecule has 0 saturated heterocycles. The minimum atomic E-state index is 0.683. The Morgan fingerprint density at radius 2 is 0.731 bits per heavy atom. The molecule has 0 N–H and O–H groups in total. The van der Waals surface area contributed by atoms with E-state index in [2.05, 4.69) is 194 Å². The van der Waals surface area contributed by atoms with E-state index in [0.717, 1.165) is 61.5 Å². The lowest BCUT2D eigenvalue weighted by Crippen LogP contribution is -1.96. The third kappa shape index (κ3) is 6.13. The zero-order valence-electron chi connectivity index (χ0n) is 36.2. The van der Waals surface area contributed by atoms with Gasteiger partial charge in [-0.25, -0.2) is 9.97 Å². The molecule has 3 heteroatoms. The van der Waals surface area contributed by atoms with Gasteiger partial charge in [-0.15, -0.1) is 0 Å². The first-order valence-electron chi connectivity index (χ1n) is 22.9. The molecule has 0 spiro atoms. The van der Waals surface area contributed by atoms with E-state index < -0.39 is 0 Å². The Morgan fingerprint density at radius 3 is 1.37 bits per heavy atom. The number of hydrogen-bond acceptors (Lipinski definition) is 3. The predicted octanol–water partition coefficient (Wildman–Crippen LogP) is 17.6. The smallest absolute Gasteiger partial charge is 0.160 e. The monoisotopic (exact) mass is 850 g/mol. The fourth-order valence-corrected chi connectivity index (χ4v) is 10.6. The lowest BCUT2D eigenvalue weighted by atomic mass is 9.86. The molecule has 0 bridgehead atoms. The Kier molecular flexibility index (Phi) is 8.28. The maximum absolute atomic E-state index is 6.25. The summed E-state index contributed by atoms with van der Waals surface area (Å²) < 4.78 is 6.25. The van der Waals surface area contributed by atoms with Crippen molar-refractivity contribution in [3.8, 4) is 67.5 Å². The highest BCUT2D eigenvalue weighted by Gasteiger charge is 2.18. The molecule has 0 saturated carbocycles. The maximum Gasteiger partial charge on any atom is 0.160 e. The van der Waals surface area contributed by atoms with Crippen LogP contribution in [-0.4, -0.2) is 9.97 Å². The van der Waals surface area contributed by atoms with Crippen molar-refractivity contribution in [3.63, 3.8) is 0 Å². The van der Waals surface area contributed by atoms with Crippen LogP contribution in [0.25, 0.3) is 143 Å². The number of fused-ring (bicyclic) bond motifs is 3. The van der Waals surface area contributed by atoms with Crippen LogP contribution >= 0.6 is 0 Å². The molecule has 0 radical (unpaired) electrons. The van der Waals surface area contributed by atoms with E-state index in [1.807, 2.05) is 36.4 Å². The second kappa shape index (κ2) is 14.8. The van der Waals surface area contributed by atoms with Crippen LogP contribution in [0.2, 0.25) is 0 Å². The van der Waals surface area contributed by atoms with Crippen molar-refractivity contribution in [2.24, 2.45) is 0 Å². The SMILES string of the molecule is c1ccc(-c2nc(-c3ccc(-c4ccc(-c5cc6ccc7cccc8c9cccc%10ccc%11cccc(c(c5)c6c78)c%11c%109)cc4)cc3)cc(-c3cccc(-c4cc5ccccc5o4)c3)n2)cc1. The molecule has 310 valence electrons. The molecule has 0 aliphatic heterocycles. The topological polar surface area (TPSA) is 38.9 Å². The van der Waals surface area contributed by atoms with Crippen LogP contribution < -0.4 is 0 Å². The normalized spacial score (nSPS) is 11.9. The highest BCUT2D eigenvalue weighted by Crippen LogP contribution is 2.45. The van der Waals surface area contributed by atoms with Crippen molar-refractivity contribution in [3.05, 3.63) is 231 Å². The predicted molar refractivity (Wildman–Crippen MR) is 281 cm³/mol. The van der Waals surface area contributed by atoms with Gasteiger partial charge in [-0.2, -0.15) is 0 Å². The number of nitrogens with zero attached hydrogens (tertiary/aromatic N) is 2. The van der Waals surface area contributed by atoms with E-state index in [9.17, 15) is 0 Å². The van der Waals surface area contributed by atoms with Crippen molar-refractivity contribution >= 4 is 75.6 Å². The molecule has 0 atom stereocenters. The summed E-state index contributed by atoms with van der Waals surface area (Å²) in [5, 5.41) is 16.6. The van der Waals surface area contributed by atoms with Crippen molar-refractivity contribution < 1.29 is 4.42 Å². The summed E-state index contributed by atoms with van der Waals surface area (Å²) in [6.07, 6.45) is 0. The van der Waals surface area contributed by atoms with Crippen LogP contribution in [-0.2, 0) is 0 Å². The average Bonchev–Trinajstić information content (AvgIpc) is 3.85. The summed E-state index contributed by atoms with van der Waals surface area (Å²) in [7, 11) is 0. The summed E-state index contributed by atoms with van der Waals surface area (Å²) >= 11 is 0. The van der Waals surface area contributed by atoms with Gasteiger partial charge in [0.05, 0.1) is 11.4 Å². The lowest BCUT2D eigenvalue weighted by molar-refractivity contribution is 0.631. The lowest BCUT2D eigenvalue weighted by Gasteiger charge is -2.17. The minimum absolute atomic E-state index is 0.683. The highest BCUT2D eigenvalue weighted by atomic mass is 16.3. The number of aromatic nitrogens is 2. The Balaban J connectivity index is 0.843. The fraction of sp³-hybridized carbons (Fsp3) is 0. The molecular formula is C64H38N2O. The van der Waals surface area contributed by atoms with E-state index in [0.29, 0.717) is 5.82 Å². The van der Waals surface area contributed by atoms with Gasteiger partial charge in [0.1, 0.15) is 11.3 Å². The second-order valence-corrected chi connectivity index (χ2v) is 17.7. The van der Waals surface area contributed by atoms with Crippen molar-refractivity contribution in [1.29, 1.82) is 0 Å². The molecule has 2 aromatic heterocycles. The zero-order chi connectivity index (χ0) is 44.0. The van der Waals surface area contributed by atoms with Crippen LogP contribution in [0.4, 0.5) is 0 Å². The van der Waals surface area contributed by atoms with E-state index in [1.165, 1.54) is 75.8 Å². The first kappa shape index (κ1) is 37.5. The first-order valence-corrected chi connectivity index (χ1v) is 22.9. The van der Waals surface area contributed by atoms with Gasteiger partial charge in [0.2, 0.25) is 0 Å². The Labute approximate surface area is 386 Å². The minimum Gasteiger partial charge on any atom is -0.456 e. The molecule has 2 heterocycles. The molecule has 0 aliphatic rings. The molecule has 0 amide bonds.